The lowest BCUT2D eigenvalue weighted by Crippen LogP contribution is -2.24. The maximum Gasteiger partial charge on any atom is 0.232 e. The van der Waals surface area contributed by atoms with Gasteiger partial charge < -0.3 is 10.6 Å². The van der Waals surface area contributed by atoms with Crippen molar-refractivity contribution in [3.05, 3.63) is 24.3 Å². The Kier molecular flexibility index (Phi) is 5.19. The first-order valence-corrected chi connectivity index (χ1v) is 8.77. The van der Waals surface area contributed by atoms with Crippen LogP contribution in [0.5, 0.6) is 0 Å². The molecule has 6 nitrogen and oxygen atoms in total. The number of hydrogen-bond donors (Lipinski definition) is 3. The van der Waals surface area contributed by atoms with E-state index in [1.165, 1.54) is 0 Å². The summed E-state index contributed by atoms with van der Waals surface area (Å²) in [6, 6.07) is 6.69. The van der Waals surface area contributed by atoms with Crippen molar-refractivity contribution in [1.82, 2.24) is 5.32 Å². The molecule has 3 N–H and O–H groups in total. The van der Waals surface area contributed by atoms with Crippen LogP contribution in [0.3, 0.4) is 0 Å². The van der Waals surface area contributed by atoms with E-state index in [1.54, 1.807) is 24.3 Å². The highest BCUT2D eigenvalue weighted by Crippen LogP contribution is 2.17. The third-order valence-corrected chi connectivity index (χ3v) is 4.82. The first kappa shape index (κ1) is 15.8. The van der Waals surface area contributed by atoms with E-state index in [2.05, 4.69) is 15.4 Å². The highest BCUT2D eigenvalue weighted by molar-refractivity contribution is 7.92. The number of hydrogen-bond acceptors (Lipinski definition) is 4. The SMILES string of the molecule is CCCS(=O)(=O)Nc1ccc(NC(=O)C2CCNC2)cc1. The topological polar surface area (TPSA) is 87.3 Å². The number of sulfonamides is 1. The smallest absolute Gasteiger partial charge is 0.232 e. The fourth-order valence-corrected chi connectivity index (χ4v) is 3.38. The molecule has 21 heavy (non-hydrogen) atoms. The van der Waals surface area contributed by atoms with Crippen molar-refractivity contribution in [3.63, 3.8) is 0 Å². The first-order chi connectivity index (χ1) is 10.00. The van der Waals surface area contributed by atoms with Crippen molar-refractivity contribution >= 4 is 27.3 Å². The van der Waals surface area contributed by atoms with Gasteiger partial charge in [-0.2, -0.15) is 0 Å². The molecule has 0 spiro atoms. The molecule has 0 aromatic heterocycles. The lowest BCUT2D eigenvalue weighted by Gasteiger charge is -2.11. The number of carbonyl (C=O) groups excluding carboxylic acids is 1. The average Bonchev–Trinajstić information content (AvgIpc) is 2.94. The number of rotatable bonds is 6. The summed E-state index contributed by atoms with van der Waals surface area (Å²) in [5.41, 5.74) is 1.18. The third kappa shape index (κ3) is 4.71. The zero-order valence-corrected chi connectivity index (χ0v) is 12.9. The van der Waals surface area contributed by atoms with Gasteiger partial charge in [0.25, 0.3) is 0 Å². The van der Waals surface area contributed by atoms with Gasteiger partial charge in [0.1, 0.15) is 0 Å². The molecule has 0 aliphatic carbocycles. The molecule has 1 atom stereocenters. The summed E-state index contributed by atoms with van der Waals surface area (Å²) >= 11 is 0. The first-order valence-electron chi connectivity index (χ1n) is 7.12. The predicted molar refractivity (Wildman–Crippen MR) is 83.7 cm³/mol. The second kappa shape index (κ2) is 6.91. The Morgan fingerprint density at radius 3 is 2.52 bits per heavy atom. The van der Waals surface area contributed by atoms with Gasteiger partial charge in [0.05, 0.1) is 11.7 Å². The van der Waals surface area contributed by atoms with Crippen molar-refractivity contribution in [1.29, 1.82) is 0 Å². The summed E-state index contributed by atoms with van der Waals surface area (Å²) in [5.74, 6) is 0.104. The number of nitrogens with one attached hydrogen (secondary N) is 3. The number of carbonyl (C=O) groups is 1. The molecule has 1 heterocycles. The maximum atomic E-state index is 12.0. The summed E-state index contributed by atoms with van der Waals surface area (Å²) < 4.78 is 25.8. The Morgan fingerprint density at radius 1 is 1.29 bits per heavy atom. The van der Waals surface area contributed by atoms with E-state index in [0.29, 0.717) is 24.3 Å². The van der Waals surface area contributed by atoms with E-state index >= 15 is 0 Å². The molecule has 0 bridgehead atoms. The summed E-state index contributed by atoms with van der Waals surface area (Å²) in [4.78, 5) is 12.0. The van der Waals surface area contributed by atoms with Crippen LogP contribution >= 0.6 is 0 Å². The summed E-state index contributed by atoms with van der Waals surface area (Å²) in [6.07, 6.45) is 1.42. The molecule has 0 radical (unpaired) electrons. The van der Waals surface area contributed by atoms with E-state index in [0.717, 1.165) is 13.0 Å². The lowest BCUT2D eigenvalue weighted by molar-refractivity contribution is -0.119. The molecule has 1 saturated heterocycles. The average molecular weight is 311 g/mol. The van der Waals surface area contributed by atoms with Crippen LogP contribution in [-0.4, -0.2) is 33.2 Å². The van der Waals surface area contributed by atoms with Crippen LogP contribution in [0.15, 0.2) is 24.3 Å². The minimum atomic E-state index is -3.28. The molecule has 0 saturated carbocycles. The van der Waals surface area contributed by atoms with Gasteiger partial charge in [0.15, 0.2) is 0 Å². The van der Waals surface area contributed by atoms with Crippen LogP contribution in [0.4, 0.5) is 11.4 Å². The minimum absolute atomic E-state index is 0.000635. The Morgan fingerprint density at radius 2 is 1.95 bits per heavy atom. The van der Waals surface area contributed by atoms with E-state index in [9.17, 15) is 13.2 Å². The highest BCUT2D eigenvalue weighted by atomic mass is 32.2. The van der Waals surface area contributed by atoms with Crippen molar-refractivity contribution in [3.8, 4) is 0 Å². The predicted octanol–water partition coefficient (Wildman–Crippen LogP) is 1.39. The van der Waals surface area contributed by atoms with Gasteiger partial charge >= 0.3 is 0 Å². The van der Waals surface area contributed by atoms with Gasteiger partial charge in [-0.3, -0.25) is 9.52 Å². The monoisotopic (exact) mass is 311 g/mol. The van der Waals surface area contributed by atoms with Gasteiger partial charge in [0.2, 0.25) is 15.9 Å². The van der Waals surface area contributed by atoms with Gasteiger partial charge in [0, 0.05) is 17.9 Å². The number of anilines is 2. The maximum absolute atomic E-state index is 12.0. The van der Waals surface area contributed by atoms with Crippen LogP contribution in [-0.2, 0) is 14.8 Å². The highest BCUT2D eigenvalue weighted by Gasteiger charge is 2.22. The van der Waals surface area contributed by atoms with Crippen molar-refractivity contribution in [2.75, 3.05) is 28.9 Å². The molecule has 2 rings (SSSR count). The van der Waals surface area contributed by atoms with Crippen molar-refractivity contribution in [2.24, 2.45) is 5.92 Å². The Hall–Kier alpha value is -1.60. The van der Waals surface area contributed by atoms with Crippen LogP contribution in [0, 0.1) is 5.92 Å². The molecular weight excluding hydrogens is 290 g/mol. The van der Waals surface area contributed by atoms with Gasteiger partial charge in [-0.15, -0.1) is 0 Å². The van der Waals surface area contributed by atoms with Crippen molar-refractivity contribution < 1.29 is 13.2 Å². The standard InChI is InChI=1S/C14H21N3O3S/c1-2-9-21(19,20)17-13-5-3-12(4-6-13)16-14(18)11-7-8-15-10-11/h3-6,11,15,17H,2,7-10H2,1H3,(H,16,18). The Bertz CT molecular complexity index is 578. The van der Waals surface area contributed by atoms with Crippen LogP contribution in [0.1, 0.15) is 19.8 Å². The van der Waals surface area contributed by atoms with Gasteiger partial charge in [-0.1, -0.05) is 6.92 Å². The lowest BCUT2D eigenvalue weighted by atomic mass is 10.1. The molecule has 1 unspecified atom stereocenters. The van der Waals surface area contributed by atoms with E-state index in [-0.39, 0.29) is 17.6 Å². The quantitative estimate of drug-likeness (QED) is 0.741. The Balaban J connectivity index is 1.94. The third-order valence-electron chi connectivity index (χ3n) is 3.33. The van der Waals surface area contributed by atoms with Crippen molar-refractivity contribution in [2.45, 2.75) is 19.8 Å². The van der Waals surface area contributed by atoms with E-state index < -0.39 is 10.0 Å². The molecule has 1 fully saturated rings. The van der Waals surface area contributed by atoms with Crippen LogP contribution < -0.4 is 15.4 Å². The van der Waals surface area contributed by atoms with E-state index in [4.69, 9.17) is 0 Å². The van der Waals surface area contributed by atoms with Crippen LogP contribution in [0.25, 0.3) is 0 Å². The molecule has 1 aromatic rings. The summed E-state index contributed by atoms with van der Waals surface area (Å²) in [6.45, 7) is 3.40. The zero-order chi connectivity index (χ0) is 15.3. The molecule has 116 valence electrons. The molecule has 1 aliphatic rings. The molecular formula is C14H21N3O3S. The fraction of sp³-hybridized carbons (Fsp3) is 0.500. The molecule has 1 aliphatic heterocycles. The zero-order valence-electron chi connectivity index (χ0n) is 12.1. The normalized spacial score (nSPS) is 18.4. The van der Waals surface area contributed by atoms with Gasteiger partial charge in [-0.25, -0.2) is 8.42 Å². The second-order valence-electron chi connectivity index (χ2n) is 5.18. The van der Waals surface area contributed by atoms with Gasteiger partial charge in [-0.05, 0) is 43.7 Å². The second-order valence-corrected chi connectivity index (χ2v) is 7.02. The number of amides is 1. The number of benzene rings is 1. The molecule has 7 heteroatoms. The largest absolute Gasteiger partial charge is 0.326 e. The van der Waals surface area contributed by atoms with E-state index in [1.807, 2.05) is 6.92 Å². The summed E-state index contributed by atoms with van der Waals surface area (Å²) in [7, 11) is -3.28. The summed E-state index contributed by atoms with van der Waals surface area (Å²) in [5, 5.41) is 5.99. The Labute approximate surface area is 125 Å². The molecule has 1 amide bonds. The molecule has 1 aromatic carbocycles. The minimum Gasteiger partial charge on any atom is -0.326 e. The van der Waals surface area contributed by atoms with Crippen LogP contribution in [0.2, 0.25) is 0 Å². The fourth-order valence-electron chi connectivity index (χ4n) is 2.24.